The number of hydrogen-bond acceptors (Lipinski definition) is 4. The molecule has 29 heavy (non-hydrogen) atoms. The molecule has 0 aliphatic carbocycles. The first-order valence-corrected chi connectivity index (χ1v) is 9.36. The molecule has 3 rings (SSSR count). The summed E-state index contributed by atoms with van der Waals surface area (Å²) in [5.41, 5.74) is 3.62. The molecule has 2 aromatic carbocycles. The van der Waals surface area contributed by atoms with Crippen LogP contribution in [-0.4, -0.2) is 21.6 Å². The Hall–Kier alpha value is -3.26. The molecule has 9 heteroatoms. The highest BCUT2D eigenvalue weighted by Gasteiger charge is 2.19. The Balaban J connectivity index is 1.90. The first-order valence-electron chi connectivity index (χ1n) is 8.98. The van der Waals surface area contributed by atoms with Crippen molar-refractivity contribution in [2.75, 3.05) is 0 Å². The van der Waals surface area contributed by atoms with Crippen molar-refractivity contribution < 1.29 is 14.0 Å². The van der Waals surface area contributed by atoms with Gasteiger partial charge in [-0.2, -0.15) is 5.10 Å². The van der Waals surface area contributed by atoms with E-state index in [-0.39, 0.29) is 21.8 Å². The van der Waals surface area contributed by atoms with Crippen LogP contribution in [0, 0.1) is 5.82 Å². The van der Waals surface area contributed by atoms with E-state index < -0.39 is 17.6 Å². The van der Waals surface area contributed by atoms with Gasteiger partial charge in [0.1, 0.15) is 5.82 Å². The van der Waals surface area contributed by atoms with Crippen molar-refractivity contribution in [1.29, 1.82) is 0 Å². The maximum atomic E-state index is 13.9. The van der Waals surface area contributed by atoms with Crippen molar-refractivity contribution in [3.63, 3.8) is 0 Å². The van der Waals surface area contributed by atoms with Crippen molar-refractivity contribution in [2.24, 2.45) is 0 Å². The number of aromatic nitrogens is 2. The van der Waals surface area contributed by atoms with Crippen LogP contribution in [0.25, 0.3) is 10.8 Å². The predicted octanol–water partition coefficient (Wildman–Crippen LogP) is 3.06. The monoisotopic (exact) mass is 416 g/mol. The van der Waals surface area contributed by atoms with Crippen LogP contribution in [0.15, 0.2) is 47.3 Å². The number of rotatable bonds is 5. The quantitative estimate of drug-likeness (QED) is 0.625. The lowest BCUT2D eigenvalue weighted by atomic mass is 10.1. The Labute approximate surface area is 170 Å². The molecule has 3 aromatic rings. The normalized spacial score (nSPS) is 10.7. The summed E-state index contributed by atoms with van der Waals surface area (Å²) in [5.74, 6) is -2.47. The van der Waals surface area contributed by atoms with Gasteiger partial charge < -0.3 is 0 Å². The minimum absolute atomic E-state index is 0.0313. The summed E-state index contributed by atoms with van der Waals surface area (Å²) in [6, 6.07) is 10.4. The second-order valence-corrected chi connectivity index (χ2v) is 6.69. The van der Waals surface area contributed by atoms with Gasteiger partial charge in [0.2, 0.25) is 0 Å². The van der Waals surface area contributed by atoms with Gasteiger partial charge in [0.15, 0.2) is 5.69 Å². The van der Waals surface area contributed by atoms with Crippen molar-refractivity contribution in [1.82, 2.24) is 20.6 Å². The molecule has 0 aliphatic heterocycles. The van der Waals surface area contributed by atoms with Gasteiger partial charge in [0, 0.05) is 11.9 Å². The lowest BCUT2D eigenvalue weighted by Crippen LogP contribution is -2.43. The number of halogens is 2. The van der Waals surface area contributed by atoms with Gasteiger partial charge in [-0.1, -0.05) is 49.2 Å². The van der Waals surface area contributed by atoms with Gasteiger partial charge in [0.05, 0.1) is 16.0 Å². The Morgan fingerprint density at radius 2 is 1.76 bits per heavy atom. The molecule has 150 valence electrons. The molecule has 0 fully saturated rings. The molecule has 0 saturated carbocycles. The van der Waals surface area contributed by atoms with Gasteiger partial charge in [-0.25, -0.2) is 9.07 Å². The minimum Gasteiger partial charge on any atom is -0.267 e. The summed E-state index contributed by atoms with van der Waals surface area (Å²) in [5, 5.41) is 4.76. The van der Waals surface area contributed by atoms with Crippen LogP contribution in [0.5, 0.6) is 0 Å². The van der Waals surface area contributed by atoms with Crippen LogP contribution in [0.1, 0.15) is 40.6 Å². The summed E-state index contributed by atoms with van der Waals surface area (Å²) >= 11 is 5.86. The number of amides is 2. The number of carbonyl (C=O) groups is 2. The van der Waals surface area contributed by atoms with Crippen LogP contribution in [0.2, 0.25) is 5.02 Å². The molecule has 0 aliphatic rings. The van der Waals surface area contributed by atoms with Gasteiger partial charge >= 0.3 is 0 Å². The lowest BCUT2D eigenvalue weighted by Gasteiger charge is -2.12. The van der Waals surface area contributed by atoms with Crippen LogP contribution in [-0.2, 0) is 6.54 Å². The van der Waals surface area contributed by atoms with E-state index in [1.54, 1.807) is 24.3 Å². The van der Waals surface area contributed by atoms with Crippen molar-refractivity contribution in [3.05, 3.63) is 74.9 Å². The first-order chi connectivity index (χ1) is 13.9. The Morgan fingerprint density at radius 1 is 1.07 bits per heavy atom. The molecule has 0 bridgehead atoms. The molecular formula is C20H18ClFN4O3. The fraction of sp³-hybridized carbons (Fsp3) is 0.200. The molecule has 1 aromatic heterocycles. The zero-order chi connectivity index (χ0) is 21.0. The van der Waals surface area contributed by atoms with E-state index in [0.29, 0.717) is 17.3 Å². The third-order valence-corrected chi connectivity index (χ3v) is 4.60. The van der Waals surface area contributed by atoms with E-state index in [4.69, 9.17) is 11.6 Å². The third kappa shape index (κ3) is 4.27. The summed E-state index contributed by atoms with van der Waals surface area (Å²) in [4.78, 5) is 37.5. The van der Waals surface area contributed by atoms with Crippen molar-refractivity contribution in [2.45, 2.75) is 26.3 Å². The standard InChI is InChI=1S/C20H18ClFN4O3/c1-2-3-11-26-20(29)13-8-5-4-7-12(13)17(25-26)19(28)24-23-18(27)16-14(21)9-6-10-15(16)22/h4-10H,2-3,11H2,1H3,(H,23,27)(H,24,28). The molecule has 0 radical (unpaired) electrons. The largest absolute Gasteiger partial charge is 0.290 e. The van der Waals surface area contributed by atoms with Gasteiger partial charge in [0.25, 0.3) is 17.4 Å². The molecule has 7 nitrogen and oxygen atoms in total. The number of nitrogens with zero attached hydrogens (tertiary/aromatic N) is 2. The fourth-order valence-electron chi connectivity index (χ4n) is 2.81. The number of unbranched alkanes of at least 4 members (excludes halogenated alkanes) is 1. The lowest BCUT2D eigenvalue weighted by molar-refractivity contribution is 0.0841. The second kappa shape index (κ2) is 8.83. The number of hydrazine groups is 1. The molecule has 1 heterocycles. The topological polar surface area (TPSA) is 93.1 Å². The second-order valence-electron chi connectivity index (χ2n) is 6.28. The summed E-state index contributed by atoms with van der Waals surface area (Å²) in [6.07, 6.45) is 1.57. The maximum Gasteiger partial charge on any atom is 0.290 e. The molecule has 2 amide bonds. The maximum absolute atomic E-state index is 13.9. The summed E-state index contributed by atoms with van der Waals surface area (Å²) in [6.45, 7) is 2.33. The van der Waals surface area contributed by atoms with Gasteiger partial charge in [-0.3, -0.25) is 25.2 Å². The van der Waals surface area contributed by atoms with E-state index in [2.05, 4.69) is 16.0 Å². The Morgan fingerprint density at radius 3 is 2.45 bits per heavy atom. The Bertz CT molecular complexity index is 1130. The molecule has 0 unspecified atom stereocenters. The van der Waals surface area contributed by atoms with Gasteiger partial charge in [-0.15, -0.1) is 0 Å². The smallest absolute Gasteiger partial charge is 0.267 e. The fourth-order valence-corrected chi connectivity index (χ4v) is 3.06. The van der Waals surface area contributed by atoms with Gasteiger partial charge in [-0.05, 0) is 24.6 Å². The average molecular weight is 417 g/mol. The first kappa shape index (κ1) is 20.5. The number of carbonyl (C=O) groups excluding carboxylic acids is 2. The zero-order valence-electron chi connectivity index (χ0n) is 15.5. The van der Waals surface area contributed by atoms with E-state index in [0.717, 1.165) is 18.9 Å². The van der Waals surface area contributed by atoms with Crippen molar-refractivity contribution in [3.8, 4) is 0 Å². The number of hydrogen-bond donors (Lipinski definition) is 2. The molecule has 0 spiro atoms. The highest BCUT2D eigenvalue weighted by Crippen LogP contribution is 2.18. The molecule has 2 N–H and O–H groups in total. The van der Waals surface area contributed by atoms with Crippen molar-refractivity contribution >= 4 is 34.2 Å². The number of benzene rings is 2. The summed E-state index contributed by atoms with van der Waals surface area (Å²) < 4.78 is 15.1. The van der Waals surface area contributed by atoms with E-state index in [1.807, 2.05) is 6.92 Å². The van der Waals surface area contributed by atoms with E-state index >= 15 is 0 Å². The van der Waals surface area contributed by atoms with E-state index in [9.17, 15) is 18.8 Å². The number of aryl methyl sites for hydroxylation is 1. The minimum atomic E-state index is -0.912. The zero-order valence-corrected chi connectivity index (χ0v) is 16.3. The Kier molecular flexibility index (Phi) is 6.23. The average Bonchev–Trinajstić information content (AvgIpc) is 2.71. The molecule has 0 saturated heterocycles. The highest BCUT2D eigenvalue weighted by atomic mass is 35.5. The van der Waals surface area contributed by atoms with E-state index in [1.165, 1.54) is 16.8 Å². The van der Waals surface area contributed by atoms with Crippen LogP contribution >= 0.6 is 11.6 Å². The van der Waals surface area contributed by atoms with Crippen LogP contribution in [0.4, 0.5) is 4.39 Å². The SMILES string of the molecule is CCCCn1nc(C(=O)NNC(=O)c2c(F)cccc2Cl)c2ccccc2c1=O. The summed E-state index contributed by atoms with van der Waals surface area (Å²) in [7, 11) is 0. The number of fused-ring (bicyclic) bond motifs is 1. The number of nitrogens with one attached hydrogen (secondary N) is 2. The van der Waals surface area contributed by atoms with Crippen LogP contribution < -0.4 is 16.4 Å². The molecular weight excluding hydrogens is 399 g/mol. The third-order valence-electron chi connectivity index (χ3n) is 4.29. The highest BCUT2D eigenvalue weighted by molar-refractivity contribution is 6.33. The molecule has 0 atom stereocenters. The predicted molar refractivity (Wildman–Crippen MR) is 107 cm³/mol. The van der Waals surface area contributed by atoms with Crippen LogP contribution in [0.3, 0.4) is 0 Å².